The number of hydrogen-bond donors (Lipinski definition) is 2. The summed E-state index contributed by atoms with van der Waals surface area (Å²) >= 11 is 1.50. The number of rotatable bonds is 2. The van der Waals surface area contributed by atoms with Gasteiger partial charge < -0.3 is 10.6 Å². The molecule has 1 aliphatic heterocycles. The highest BCUT2D eigenvalue weighted by Gasteiger charge is 2.23. The number of hydrogen-bond acceptors (Lipinski definition) is 3. The molecule has 2 aromatic carbocycles. The van der Waals surface area contributed by atoms with Gasteiger partial charge in [-0.3, -0.25) is 9.59 Å². The van der Waals surface area contributed by atoms with E-state index in [1.54, 1.807) is 6.07 Å². The van der Waals surface area contributed by atoms with Gasteiger partial charge in [0.25, 0.3) is 5.91 Å². The summed E-state index contributed by atoms with van der Waals surface area (Å²) in [6.45, 7) is 0. The minimum Gasteiger partial charge on any atom is -0.345 e. The van der Waals surface area contributed by atoms with Crippen molar-refractivity contribution >= 4 is 29.3 Å². The van der Waals surface area contributed by atoms with Gasteiger partial charge in [0, 0.05) is 10.5 Å². The molecule has 4 rings (SSSR count). The van der Waals surface area contributed by atoms with Crippen molar-refractivity contribution in [1.29, 1.82) is 0 Å². The molecule has 1 atom stereocenters. The maximum Gasteiger partial charge on any atom is 0.251 e. The zero-order chi connectivity index (χ0) is 16.5. The number of benzene rings is 2. The van der Waals surface area contributed by atoms with Crippen LogP contribution in [-0.4, -0.2) is 17.6 Å². The lowest BCUT2D eigenvalue weighted by atomic mass is 9.87. The third kappa shape index (κ3) is 2.91. The first-order valence-electron chi connectivity index (χ1n) is 8.16. The van der Waals surface area contributed by atoms with Crippen molar-refractivity contribution in [3.8, 4) is 0 Å². The number of amides is 2. The average Bonchev–Trinajstić information content (AvgIpc) is 2.61. The molecule has 2 amide bonds. The Labute approximate surface area is 145 Å². The Kier molecular flexibility index (Phi) is 4.02. The van der Waals surface area contributed by atoms with E-state index in [9.17, 15) is 9.59 Å². The quantitative estimate of drug-likeness (QED) is 0.880. The van der Waals surface area contributed by atoms with Gasteiger partial charge >= 0.3 is 0 Å². The summed E-state index contributed by atoms with van der Waals surface area (Å²) in [5.41, 5.74) is 3.86. The highest BCUT2D eigenvalue weighted by atomic mass is 32.2. The predicted octanol–water partition coefficient (Wildman–Crippen LogP) is 3.54. The zero-order valence-electron chi connectivity index (χ0n) is 13.2. The van der Waals surface area contributed by atoms with Gasteiger partial charge in [0.15, 0.2) is 0 Å². The molecular formula is C19H18N2O2S. The van der Waals surface area contributed by atoms with Crippen LogP contribution >= 0.6 is 11.8 Å². The third-order valence-corrected chi connectivity index (χ3v) is 5.62. The Morgan fingerprint density at radius 2 is 2.08 bits per heavy atom. The van der Waals surface area contributed by atoms with E-state index < -0.39 is 0 Å². The molecule has 5 heteroatoms. The zero-order valence-corrected chi connectivity index (χ0v) is 14.0. The maximum atomic E-state index is 12.7. The van der Waals surface area contributed by atoms with E-state index in [-0.39, 0.29) is 17.9 Å². The van der Waals surface area contributed by atoms with Crippen LogP contribution in [0.4, 0.5) is 5.69 Å². The van der Waals surface area contributed by atoms with Crippen LogP contribution in [0.1, 0.15) is 40.4 Å². The fourth-order valence-electron chi connectivity index (χ4n) is 3.37. The van der Waals surface area contributed by atoms with Crippen LogP contribution in [0.25, 0.3) is 0 Å². The number of carbonyl (C=O) groups is 2. The molecule has 2 aromatic rings. The molecule has 0 aromatic heterocycles. The fraction of sp³-hybridized carbons (Fsp3) is 0.263. The molecule has 0 saturated carbocycles. The van der Waals surface area contributed by atoms with Crippen LogP contribution < -0.4 is 10.6 Å². The first kappa shape index (κ1) is 15.3. The van der Waals surface area contributed by atoms with Crippen molar-refractivity contribution in [3.05, 3.63) is 59.2 Å². The number of thioether (sulfide) groups is 1. The van der Waals surface area contributed by atoms with Crippen LogP contribution in [0.3, 0.4) is 0 Å². The van der Waals surface area contributed by atoms with Crippen LogP contribution in [-0.2, 0) is 11.2 Å². The lowest BCUT2D eigenvalue weighted by Crippen LogP contribution is -2.31. The van der Waals surface area contributed by atoms with Crippen molar-refractivity contribution in [2.24, 2.45) is 0 Å². The first-order valence-corrected chi connectivity index (χ1v) is 9.14. The molecule has 4 nitrogen and oxygen atoms in total. The molecule has 122 valence electrons. The number of fused-ring (bicyclic) bond motifs is 2. The van der Waals surface area contributed by atoms with Crippen molar-refractivity contribution in [2.75, 3.05) is 11.1 Å². The van der Waals surface area contributed by atoms with Gasteiger partial charge in [-0.1, -0.05) is 24.3 Å². The van der Waals surface area contributed by atoms with E-state index in [4.69, 9.17) is 0 Å². The molecule has 0 spiro atoms. The van der Waals surface area contributed by atoms with Gasteiger partial charge in [0.1, 0.15) is 0 Å². The van der Waals surface area contributed by atoms with Gasteiger partial charge in [0.2, 0.25) is 5.91 Å². The Bertz CT molecular complexity index is 819. The van der Waals surface area contributed by atoms with E-state index in [2.05, 4.69) is 22.8 Å². The lowest BCUT2D eigenvalue weighted by Gasteiger charge is -2.26. The topological polar surface area (TPSA) is 58.2 Å². The van der Waals surface area contributed by atoms with Crippen LogP contribution in [0, 0.1) is 0 Å². The second-order valence-electron chi connectivity index (χ2n) is 6.16. The summed E-state index contributed by atoms with van der Waals surface area (Å²) in [5, 5.41) is 5.99. The Morgan fingerprint density at radius 3 is 3.00 bits per heavy atom. The number of anilines is 1. The molecule has 1 heterocycles. The summed E-state index contributed by atoms with van der Waals surface area (Å²) in [4.78, 5) is 25.2. The molecule has 0 unspecified atom stereocenters. The first-order chi connectivity index (χ1) is 11.7. The largest absolute Gasteiger partial charge is 0.345 e. The van der Waals surface area contributed by atoms with E-state index in [1.165, 1.54) is 22.9 Å². The summed E-state index contributed by atoms with van der Waals surface area (Å²) in [5.74, 6) is 0.313. The minimum atomic E-state index is -0.0932. The van der Waals surface area contributed by atoms with Crippen LogP contribution in [0.5, 0.6) is 0 Å². The summed E-state index contributed by atoms with van der Waals surface area (Å²) in [7, 11) is 0. The van der Waals surface area contributed by atoms with Gasteiger partial charge in [0.05, 0.1) is 17.5 Å². The second kappa shape index (κ2) is 6.32. The molecule has 1 aliphatic carbocycles. The molecular weight excluding hydrogens is 320 g/mol. The van der Waals surface area contributed by atoms with Gasteiger partial charge in [-0.05, 0) is 48.6 Å². The normalized spacial score (nSPS) is 19.0. The Hall–Kier alpha value is -2.27. The monoisotopic (exact) mass is 338 g/mol. The van der Waals surface area contributed by atoms with E-state index >= 15 is 0 Å². The smallest absolute Gasteiger partial charge is 0.251 e. The SMILES string of the molecule is O=C1CSc2ccc(C(=O)N[C@@H]3CCCc4ccccc43)cc2N1. The fourth-order valence-corrected chi connectivity index (χ4v) is 4.16. The van der Waals surface area contributed by atoms with Crippen molar-refractivity contribution in [2.45, 2.75) is 30.2 Å². The van der Waals surface area contributed by atoms with Crippen molar-refractivity contribution < 1.29 is 9.59 Å². The lowest BCUT2D eigenvalue weighted by molar-refractivity contribution is -0.113. The van der Waals surface area contributed by atoms with Crippen LogP contribution in [0.15, 0.2) is 47.4 Å². The standard InChI is InChI=1S/C19H18N2O2S/c22-18-11-24-17-9-8-13(10-16(17)20-18)19(23)21-15-7-3-5-12-4-1-2-6-14(12)15/h1-2,4,6,8-10,15H,3,5,7,11H2,(H,20,22)(H,21,23)/t15-/m1/s1. The maximum absolute atomic E-state index is 12.7. The molecule has 24 heavy (non-hydrogen) atoms. The van der Waals surface area contributed by atoms with E-state index in [0.29, 0.717) is 11.3 Å². The van der Waals surface area contributed by atoms with Crippen molar-refractivity contribution in [3.63, 3.8) is 0 Å². The number of nitrogens with one attached hydrogen (secondary N) is 2. The van der Waals surface area contributed by atoms with E-state index in [0.717, 1.165) is 29.8 Å². The summed E-state index contributed by atoms with van der Waals surface area (Å²) in [6, 6.07) is 13.9. The minimum absolute atomic E-state index is 0.0220. The molecule has 0 bridgehead atoms. The third-order valence-electron chi connectivity index (χ3n) is 4.55. The number of carbonyl (C=O) groups excluding carboxylic acids is 2. The second-order valence-corrected chi connectivity index (χ2v) is 7.18. The molecule has 2 N–H and O–H groups in total. The number of aryl methyl sites for hydroxylation is 1. The molecule has 0 radical (unpaired) electrons. The summed E-state index contributed by atoms with van der Waals surface area (Å²) < 4.78 is 0. The summed E-state index contributed by atoms with van der Waals surface area (Å²) in [6.07, 6.45) is 3.11. The average molecular weight is 338 g/mol. The molecule has 0 saturated heterocycles. The Morgan fingerprint density at radius 1 is 1.21 bits per heavy atom. The van der Waals surface area contributed by atoms with E-state index in [1.807, 2.05) is 24.3 Å². The van der Waals surface area contributed by atoms with Crippen molar-refractivity contribution in [1.82, 2.24) is 5.32 Å². The highest BCUT2D eigenvalue weighted by molar-refractivity contribution is 8.00. The van der Waals surface area contributed by atoms with Gasteiger partial charge in [-0.2, -0.15) is 0 Å². The van der Waals surface area contributed by atoms with Crippen LogP contribution in [0.2, 0.25) is 0 Å². The molecule has 2 aliphatic rings. The Balaban J connectivity index is 1.55. The van der Waals surface area contributed by atoms with Gasteiger partial charge in [-0.25, -0.2) is 0 Å². The van der Waals surface area contributed by atoms with Gasteiger partial charge in [-0.15, -0.1) is 11.8 Å². The predicted molar refractivity (Wildman–Crippen MR) is 95.4 cm³/mol. The molecule has 0 fully saturated rings. The highest BCUT2D eigenvalue weighted by Crippen LogP contribution is 2.33.